The molecule has 49 heavy (non-hydrogen) atoms. The molecular weight excluding hydrogens is 659 g/mol. The molecule has 0 bridgehead atoms. The predicted octanol–water partition coefficient (Wildman–Crippen LogP) is 2.64. The van der Waals surface area contributed by atoms with Crippen LogP contribution < -0.4 is 24.6 Å². The highest BCUT2D eigenvalue weighted by atomic mass is 31.1. The zero-order chi connectivity index (χ0) is 34.9. The van der Waals surface area contributed by atoms with Gasteiger partial charge in [-0.05, 0) is 24.3 Å². The van der Waals surface area contributed by atoms with E-state index < -0.39 is 44.2 Å². The van der Waals surface area contributed by atoms with E-state index >= 15 is 0 Å². The van der Waals surface area contributed by atoms with Gasteiger partial charge in [0.15, 0.2) is 29.2 Å². The molecule has 2 aliphatic heterocycles. The van der Waals surface area contributed by atoms with Crippen LogP contribution in [0, 0.1) is 5.92 Å². The Morgan fingerprint density at radius 2 is 1.98 bits per heavy atom. The van der Waals surface area contributed by atoms with E-state index in [1.807, 2.05) is 12.1 Å². The zero-order valence-corrected chi connectivity index (χ0v) is 28.4. The average Bonchev–Trinajstić information content (AvgIpc) is 3.59. The van der Waals surface area contributed by atoms with Crippen molar-refractivity contribution in [2.24, 2.45) is 10.7 Å². The molecule has 4 aromatic rings. The molecule has 4 N–H and O–H groups in total. The van der Waals surface area contributed by atoms with Gasteiger partial charge in [0.1, 0.15) is 30.5 Å². The minimum absolute atomic E-state index is 0.0750. The number of hydrogen-bond donors (Lipinski definition) is 3. The van der Waals surface area contributed by atoms with Crippen molar-refractivity contribution in [1.82, 2.24) is 19.5 Å². The van der Waals surface area contributed by atoms with Gasteiger partial charge < -0.3 is 44.5 Å². The third kappa shape index (κ3) is 7.11. The number of ether oxygens (including phenoxy) is 5. The smallest absolute Gasteiger partial charge is 0.395 e. The topological polar surface area (TPSA) is 218 Å². The number of carbonyl (C=O) groups is 1. The van der Waals surface area contributed by atoms with Crippen LogP contribution in [-0.2, 0) is 19.0 Å². The van der Waals surface area contributed by atoms with E-state index in [-0.39, 0.29) is 47.6 Å². The molecule has 2 saturated heterocycles. The van der Waals surface area contributed by atoms with Gasteiger partial charge in [-0.3, -0.25) is 9.09 Å². The van der Waals surface area contributed by atoms with Crippen molar-refractivity contribution < 1.29 is 48.1 Å². The Labute approximate surface area is 282 Å². The summed E-state index contributed by atoms with van der Waals surface area (Å²) < 4.78 is 40.1. The van der Waals surface area contributed by atoms with Crippen molar-refractivity contribution in [3.05, 3.63) is 42.7 Å². The molecule has 2 fully saturated rings. The Kier molecular flexibility index (Phi) is 10.2. The number of carbonyl (C=O) groups excluding carboxylic acids is 1. The first-order valence-corrected chi connectivity index (χ1v) is 17.0. The van der Waals surface area contributed by atoms with Gasteiger partial charge in [0.05, 0.1) is 26.7 Å². The van der Waals surface area contributed by atoms with Crippen molar-refractivity contribution in [3.63, 3.8) is 0 Å². The van der Waals surface area contributed by atoms with Gasteiger partial charge in [-0.2, -0.15) is 9.97 Å². The summed E-state index contributed by atoms with van der Waals surface area (Å²) >= 11 is 0. The average molecular weight is 699 g/mol. The van der Waals surface area contributed by atoms with Gasteiger partial charge >= 0.3 is 14.1 Å². The van der Waals surface area contributed by atoms with Gasteiger partial charge in [0.2, 0.25) is 17.6 Å². The lowest BCUT2D eigenvalue weighted by molar-refractivity contribution is -0.170. The number of methoxy groups -OCH3 is 1. The number of rotatable bonds is 11. The van der Waals surface area contributed by atoms with Crippen LogP contribution in [0.1, 0.15) is 39.8 Å². The normalized spacial score (nSPS) is 24.0. The van der Waals surface area contributed by atoms with E-state index in [4.69, 9.17) is 33.9 Å². The molecule has 6 atom stereocenters. The van der Waals surface area contributed by atoms with E-state index in [1.54, 1.807) is 38.1 Å². The molecule has 262 valence electrons. The molecule has 2 aromatic carbocycles. The maximum atomic E-state index is 13.4. The van der Waals surface area contributed by atoms with E-state index in [2.05, 4.69) is 19.7 Å². The van der Waals surface area contributed by atoms with Crippen molar-refractivity contribution >= 4 is 42.0 Å². The summed E-state index contributed by atoms with van der Waals surface area (Å²) in [5.41, 5.74) is 4.57. The number of aliphatic hydroxyl groups is 2. The van der Waals surface area contributed by atoms with Crippen LogP contribution in [0.15, 0.2) is 47.5 Å². The van der Waals surface area contributed by atoms with Gasteiger partial charge in [0.25, 0.3) is 0 Å². The molecule has 16 nitrogen and oxygen atoms in total. The lowest BCUT2D eigenvalue weighted by Gasteiger charge is -2.27. The number of anilines is 1. The Bertz CT molecular complexity index is 1850. The maximum absolute atomic E-state index is 13.4. The number of fused-ring (bicyclic) bond motifs is 2. The van der Waals surface area contributed by atoms with Gasteiger partial charge in [-0.1, -0.05) is 48.9 Å². The Balaban J connectivity index is 1.23. The quantitative estimate of drug-likeness (QED) is 0.152. The number of nitrogen functional groups attached to an aromatic ring is 1. The largest absolute Gasteiger partial charge is 0.575 e. The first kappa shape index (κ1) is 34.7. The second-order valence-electron chi connectivity index (χ2n) is 12.4. The summed E-state index contributed by atoms with van der Waals surface area (Å²) in [6.45, 7) is 5.76. The summed E-state index contributed by atoms with van der Waals surface area (Å²) in [6, 6.07) is 9.66. The van der Waals surface area contributed by atoms with Crippen molar-refractivity contribution in [1.29, 1.82) is 0 Å². The van der Waals surface area contributed by atoms with Crippen LogP contribution in [0.2, 0.25) is 0 Å². The molecule has 2 aliphatic rings. The molecule has 2 aromatic heterocycles. The summed E-state index contributed by atoms with van der Waals surface area (Å²) in [4.78, 5) is 39.0. The second kappa shape index (κ2) is 14.4. The molecule has 0 amide bonds. The number of benzene rings is 2. The minimum atomic E-state index is -2.77. The van der Waals surface area contributed by atoms with Gasteiger partial charge in [-0.15, -0.1) is 0 Å². The fourth-order valence-corrected chi connectivity index (χ4v) is 6.84. The highest BCUT2D eigenvalue weighted by molar-refractivity contribution is 7.34. The monoisotopic (exact) mass is 698 g/mol. The maximum Gasteiger partial charge on any atom is 0.395 e. The molecule has 0 radical (unpaired) electrons. The summed E-state index contributed by atoms with van der Waals surface area (Å²) in [7, 11) is -1.35. The summed E-state index contributed by atoms with van der Waals surface area (Å²) in [5, 5.41) is 23.9. The molecule has 17 heteroatoms. The van der Waals surface area contributed by atoms with Gasteiger partial charge in [0, 0.05) is 18.2 Å². The predicted molar refractivity (Wildman–Crippen MR) is 175 cm³/mol. The first-order chi connectivity index (χ1) is 23.5. The fourth-order valence-electron chi connectivity index (χ4n) is 5.88. The van der Waals surface area contributed by atoms with Crippen LogP contribution in [0.5, 0.6) is 17.4 Å². The second-order valence-corrected chi connectivity index (χ2v) is 13.3. The highest BCUT2D eigenvalue weighted by Crippen LogP contribution is 2.43. The van der Waals surface area contributed by atoms with E-state index in [0.717, 1.165) is 5.39 Å². The first-order valence-electron chi connectivity index (χ1n) is 15.9. The molecular formula is C32H39N6O10P. The Morgan fingerprint density at radius 3 is 2.71 bits per heavy atom. The number of esters is 1. The van der Waals surface area contributed by atoms with Crippen LogP contribution in [0.3, 0.4) is 0 Å². The molecule has 0 spiro atoms. The number of imidazole rings is 1. The molecule has 0 saturated carbocycles. The van der Waals surface area contributed by atoms with Crippen LogP contribution in [0.25, 0.3) is 21.9 Å². The van der Waals surface area contributed by atoms with Crippen molar-refractivity contribution in [3.8, 4) is 17.4 Å². The summed E-state index contributed by atoms with van der Waals surface area (Å²) in [6.07, 6.45) is -1.33. The summed E-state index contributed by atoms with van der Waals surface area (Å²) in [5.74, 6) is -0.510. The zero-order valence-electron chi connectivity index (χ0n) is 27.5. The lowest BCUT2D eigenvalue weighted by atomic mass is 9.96. The standard InChI is InChI=1S/C32H39N6O10P/c1-17(2)23(29(40)46-19-11-13-44-14-12-19)37-49(42)48-25-20-8-6-5-7-18(20)9-10-21(25)45-15-22-26(39)32(3,41)30(47-22)38-16-34-24-27(38)35-31(33)36-28(24)43-4/h5-10,16-17,19,22-23,26,30,39,41H,11-15H2,1-4H3,(H2,33,35,36)/t22-,23+,26-,30?,32-/m1/s1. The van der Waals surface area contributed by atoms with E-state index in [1.165, 1.54) is 24.9 Å². The number of nitrogens with zero attached hydrogens (tertiary/aromatic N) is 5. The molecule has 0 aliphatic carbocycles. The van der Waals surface area contributed by atoms with Crippen LogP contribution >= 0.6 is 8.17 Å². The molecule has 6 rings (SSSR count). The number of hydrogen-bond acceptors (Lipinski definition) is 15. The number of aliphatic hydroxyl groups excluding tert-OH is 1. The minimum Gasteiger partial charge on any atom is -0.575 e. The van der Waals surface area contributed by atoms with E-state index in [0.29, 0.717) is 37.0 Å². The van der Waals surface area contributed by atoms with Crippen molar-refractivity contribution in [2.75, 3.05) is 32.7 Å². The number of aromatic nitrogens is 4. The third-order valence-electron chi connectivity index (χ3n) is 8.57. The van der Waals surface area contributed by atoms with E-state index in [9.17, 15) is 19.9 Å². The van der Waals surface area contributed by atoms with Crippen LogP contribution in [0.4, 0.5) is 5.95 Å². The fraction of sp³-hybridized carbons (Fsp3) is 0.500. The Hall–Kier alpha value is -4.18. The van der Waals surface area contributed by atoms with Gasteiger partial charge in [-0.25, -0.2) is 9.78 Å². The Morgan fingerprint density at radius 1 is 1.22 bits per heavy atom. The molecule has 4 heterocycles. The SMILES string of the molecule is COc1nc(N)nc2c1ncn2C1O[C@H](COc2ccc3ccccc3c2O/[P+]([O-])=N/[C@H](C(=O)OC2CCOCC2)C(C)C)[C@@H](O)[C@@]1(C)O. The van der Waals surface area contributed by atoms with Crippen molar-refractivity contribution in [2.45, 2.75) is 69.8 Å². The lowest BCUT2D eigenvalue weighted by Crippen LogP contribution is -2.44. The number of nitrogens with two attached hydrogens (primary N) is 1. The van der Waals surface area contributed by atoms with Crippen LogP contribution in [-0.4, -0.2) is 92.6 Å². The molecule has 2 unspecified atom stereocenters. The highest BCUT2D eigenvalue weighted by Gasteiger charge is 2.54. The third-order valence-corrected chi connectivity index (χ3v) is 9.34.